The third-order valence-corrected chi connectivity index (χ3v) is 6.24. The lowest BCUT2D eigenvalue weighted by molar-refractivity contribution is 0.598. The molecule has 0 saturated carbocycles. The first-order valence-corrected chi connectivity index (χ1v) is 9.24. The van der Waals surface area contributed by atoms with Crippen molar-refractivity contribution in [3.63, 3.8) is 0 Å². The molecule has 0 spiro atoms. The molecular formula is C14H11Br2NO2S. The number of anilines is 1. The van der Waals surface area contributed by atoms with Crippen LogP contribution in [0.5, 0.6) is 0 Å². The van der Waals surface area contributed by atoms with Gasteiger partial charge < -0.3 is 5.32 Å². The van der Waals surface area contributed by atoms with Crippen LogP contribution in [-0.4, -0.2) is 14.2 Å². The maximum atomic E-state index is 12.1. The van der Waals surface area contributed by atoms with Crippen LogP contribution in [-0.2, 0) is 9.84 Å². The van der Waals surface area contributed by atoms with Crippen LogP contribution >= 0.6 is 31.9 Å². The summed E-state index contributed by atoms with van der Waals surface area (Å²) in [6.45, 7) is 0. The van der Waals surface area contributed by atoms with Crippen LogP contribution in [0.3, 0.4) is 0 Å². The maximum absolute atomic E-state index is 12.1. The molecule has 2 aromatic carbocycles. The Bertz CT molecular complexity index is 774. The highest BCUT2D eigenvalue weighted by Gasteiger charge is 2.34. The van der Waals surface area contributed by atoms with Crippen LogP contribution in [0.4, 0.5) is 5.69 Å². The minimum Gasteiger partial charge on any atom is -0.376 e. The fraction of sp³-hybridized carbons (Fsp3) is 0.143. The lowest BCUT2D eigenvalue weighted by Gasteiger charge is -2.15. The SMILES string of the molecule is O=S1(=O)CC(Nc2ccc(Br)cc2Br)c2ccccc21. The van der Waals surface area contributed by atoms with Crippen molar-refractivity contribution in [2.75, 3.05) is 11.1 Å². The number of sulfone groups is 1. The largest absolute Gasteiger partial charge is 0.376 e. The number of hydrogen-bond donors (Lipinski definition) is 1. The molecule has 1 unspecified atom stereocenters. The molecule has 2 aromatic rings. The van der Waals surface area contributed by atoms with E-state index >= 15 is 0 Å². The average molecular weight is 417 g/mol. The monoisotopic (exact) mass is 415 g/mol. The third-order valence-electron chi connectivity index (χ3n) is 3.28. The Labute approximate surface area is 134 Å². The molecule has 1 aliphatic heterocycles. The number of halogens is 2. The minimum absolute atomic E-state index is 0.0921. The molecule has 1 heterocycles. The number of hydrogen-bond acceptors (Lipinski definition) is 3. The van der Waals surface area contributed by atoms with Crippen LogP contribution in [0.1, 0.15) is 11.6 Å². The number of benzene rings is 2. The Kier molecular flexibility index (Phi) is 3.64. The number of rotatable bonds is 2. The van der Waals surface area contributed by atoms with Crippen molar-refractivity contribution in [2.24, 2.45) is 0 Å². The van der Waals surface area contributed by atoms with Gasteiger partial charge in [-0.15, -0.1) is 0 Å². The Morgan fingerprint density at radius 1 is 1.10 bits per heavy atom. The molecule has 6 heteroatoms. The molecule has 1 N–H and O–H groups in total. The predicted molar refractivity (Wildman–Crippen MR) is 86.7 cm³/mol. The second-order valence-corrected chi connectivity index (χ2v) is 8.41. The van der Waals surface area contributed by atoms with Gasteiger partial charge in [-0.3, -0.25) is 0 Å². The molecule has 1 atom stereocenters. The molecule has 0 radical (unpaired) electrons. The fourth-order valence-electron chi connectivity index (χ4n) is 2.36. The second kappa shape index (κ2) is 5.16. The zero-order valence-corrected chi connectivity index (χ0v) is 14.3. The summed E-state index contributed by atoms with van der Waals surface area (Å²) in [6, 6.07) is 12.7. The van der Waals surface area contributed by atoms with Crippen LogP contribution in [0, 0.1) is 0 Å². The van der Waals surface area contributed by atoms with E-state index in [0.717, 1.165) is 20.2 Å². The summed E-state index contributed by atoms with van der Waals surface area (Å²) in [5, 5.41) is 3.30. The van der Waals surface area contributed by atoms with Crippen molar-refractivity contribution in [2.45, 2.75) is 10.9 Å². The summed E-state index contributed by atoms with van der Waals surface area (Å²) < 4.78 is 26.1. The number of nitrogens with one attached hydrogen (secondary N) is 1. The van der Waals surface area contributed by atoms with Crippen LogP contribution < -0.4 is 5.32 Å². The van der Waals surface area contributed by atoms with E-state index in [2.05, 4.69) is 37.2 Å². The Morgan fingerprint density at radius 3 is 2.60 bits per heavy atom. The summed E-state index contributed by atoms with van der Waals surface area (Å²) in [5.41, 5.74) is 1.72. The summed E-state index contributed by atoms with van der Waals surface area (Å²) >= 11 is 6.88. The Balaban J connectivity index is 1.97. The van der Waals surface area contributed by atoms with Crippen molar-refractivity contribution in [1.29, 1.82) is 0 Å². The Hall–Kier alpha value is -0.850. The van der Waals surface area contributed by atoms with Gasteiger partial charge in [0.05, 0.1) is 16.7 Å². The predicted octanol–water partition coefficient (Wildman–Crippen LogP) is 4.15. The highest BCUT2D eigenvalue weighted by Crippen LogP contribution is 2.37. The van der Waals surface area contributed by atoms with Gasteiger partial charge in [-0.2, -0.15) is 0 Å². The van der Waals surface area contributed by atoms with E-state index in [1.54, 1.807) is 12.1 Å². The molecule has 1 aliphatic rings. The quantitative estimate of drug-likeness (QED) is 0.799. The normalized spacial score (nSPS) is 19.6. The Morgan fingerprint density at radius 2 is 1.85 bits per heavy atom. The first-order chi connectivity index (χ1) is 9.47. The average Bonchev–Trinajstić information content (AvgIpc) is 2.65. The summed E-state index contributed by atoms with van der Waals surface area (Å²) in [6.07, 6.45) is 0. The van der Waals surface area contributed by atoms with Gasteiger partial charge in [0.1, 0.15) is 0 Å². The lowest BCUT2D eigenvalue weighted by Crippen LogP contribution is -2.13. The molecule has 104 valence electrons. The summed E-state index contributed by atoms with van der Waals surface area (Å²) in [4.78, 5) is 0.436. The van der Waals surface area contributed by atoms with Crippen molar-refractivity contribution >= 4 is 47.4 Å². The van der Waals surface area contributed by atoms with Crippen molar-refractivity contribution < 1.29 is 8.42 Å². The van der Waals surface area contributed by atoms with Gasteiger partial charge in [0.25, 0.3) is 0 Å². The molecule has 0 saturated heterocycles. The van der Waals surface area contributed by atoms with E-state index in [0.29, 0.717) is 4.90 Å². The van der Waals surface area contributed by atoms with Crippen LogP contribution in [0.15, 0.2) is 56.3 Å². The van der Waals surface area contributed by atoms with E-state index in [-0.39, 0.29) is 11.8 Å². The first kappa shape index (κ1) is 14.1. The first-order valence-electron chi connectivity index (χ1n) is 6.01. The summed E-state index contributed by atoms with van der Waals surface area (Å²) in [5.74, 6) is 0.0921. The zero-order chi connectivity index (χ0) is 14.3. The van der Waals surface area contributed by atoms with Gasteiger partial charge in [-0.25, -0.2) is 8.42 Å². The smallest absolute Gasteiger partial charge is 0.181 e. The van der Waals surface area contributed by atoms with Crippen molar-refractivity contribution in [3.8, 4) is 0 Å². The molecule has 0 bridgehead atoms. The van der Waals surface area contributed by atoms with E-state index in [9.17, 15) is 8.42 Å². The van der Waals surface area contributed by atoms with Gasteiger partial charge in [-0.05, 0) is 45.8 Å². The third kappa shape index (κ3) is 2.52. The second-order valence-electron chi connectivity index (χ2n) is 4.64. The van der Waals surface area contributed by atoms with E-state index in [1.165, 1.54) is 0 Å². The van der Waals surface area contributed by atoms with Gasteiger partial charge in [0.15, 0.2) is 9.84 Å². The van der Waals surface area contributed by atoms with Gasteiger partial charge in [0, 0.05) is 14.6 Å². The van der Waals surface area contributed by atoms with E-state index < -0.39 is 9.84 Å². The van der Waals surface area contributed by atoms with Crippen molar-refractivity contribution in [1.82, 2.24) is 0 Å². The minimum atomic E-state index is -3.18. The molecule has 0 aromatic heterocycles. The van der Waals surface area contributed by atoms with E-state index in [1.807, 2.05) is 30.3 Å². The standard InChI is InChI=1S/C14H11Br2NO2S/c15-9-5-6-12(11(16)7-9)17-13-8-20(18,19)14-4-2-1-3-10(13)14/h1-7,13,17H,8H2. The molecule has 3 nitrogen and oxygen atoms in total. The highest BCUT2D eigenvalue weighted by atomic mass is 79.9. The molecular weight excluding hydrogens is 406 g/mol. The zero-order valence-electron chi connectivity index (χ0n) is 10.3. The topological polar surface area (TPSA) is 46.2 Å². The molecule has 20 heavy (non-hydrogen) atoms. The summed E-state index contributed by atoms with van der Waals surface area (Å²) in [7, 11) is -3.18. The van der Waals surface area contributed by atoms with Crippen LogP contribution in [0.25, 0.3) is 0 Å². The van der Waals surface area contributed by atoms with E-state index in [4.69, 9.17) is 0 Å². The van der Waals surface area contributed by atoms with Gasteiger partial charge in [-0.1, -0.05) is 34.1 Å². The maximum Gasteiger partial charge on any atom is 0.181 e. The molecule has 3 rings (SSSR count). The number of fused-ring (bicyclic) bond motifs is 1. The van der Waals surface area contributed by atoms with Gasteiger partial charge >= 0.3 is 0 Å². The van der Waals surface area contributed by atoms with Crippen molar-refractivity contribution in [3.05, 3.63) is 57.0 Å². The highest BCUT2D eigenvalue weighted by molar-refractivity contribution is 9.11. The molecule has 0 aliphatic carbocycles. The lowest BCUT2D eigenvalue weighted by atomic mass is 10.1. The van der Waals surface area contributed by atoms with Crippen LogP contribution in [0.2, 0.25) is 0 Å². The molecule has 0 amide bonds. The fourth-order valence-corrected chi connectivity index (χ4v) is 5.26. The van der Waals surface area contributed by atoms with Gasteiger partial charge in [0.2, 0.25) is 0 Å². The molecule has 0 fully saturated rings.